The van der Waals surface area contributed by atoms with Crippen LogP contribution in [-0.2, 0) is 0 Å². The minimum absolute atomic E-state index is 0.401. The van der Waals surface area contributed by atoms with E-state index in [9.17, 15) is 0 Å². The molecule has 0 saturated heterocycles. The highest BCUT2D eigenvalue weighted by molar-refractivity contribution is 9.09. The van der Waals surface area contributed by atoms with E-state index in [1.807, 2.05) is 12.1 Å². The summed E-state index contributed by atoms with van der Waals surface area (Å²) in [5.74, 6) is 4.53. The molecule has 0 bridgehead atoms. The third kappa shape index (κ3) is 1.93. The summed E-state index contributed by atoms with van der Waals surface area (Å²) >= 11 is 3.89. The van der Waals surface area contributed by atoms with Gasteiger partial charge in [0, 0.05) is 10.4 Å². The van der Waals surface area contributed by atoms with Gasteiger partial charge in [0.1, 0.15) is 11.5 Å². The van der Waals surface area contributed by atoms with Gasteiger partial charge in [-0.05, 0) is 48.8 Å². The van der Waals surface area contributed by atoms with Crippen LogP contribution in [0, 0.1) is 17.8 Å². The molecule has 2 aliphatic rings. The van der Waals surface area contributed by atoms with E-state index in [0.717, 1.165) is 29.3 Å². The highest BCUT2D eigenvalue weighted by Gasteiger charge is 2.55. The van der Waals surface area contributed by atoms with E-state index in [1.54, 1.807) is 14.2 Å². The Bertz CT molecular complexity index is 436. The number of hydrogen-bond donors (Lipinski definition) is 0. The van der Waals surface area contributed by atoms with Crippen molar-refractivity contribution in [3.05, 3.63) is 23.8 Å². The van der Waals surface area contributed by atoms with Gasteiger partial charge >= 0.3 is 0 Å². The van der Waals surface area contributed by atoms with Crippen LogP contribution in [0.25, 0.3) is 0 Å². The molecule has 3 unspecified atom stereocenters. The molecule has 2 saturated carbocycles. The number of methoxy groups -OCH3 is 2. The van der Waals surface area contributed by atoms with E-state index in [2.05, 4.69) is 22.0 Å². The first-order chi connectivity index (χ1) is 8.76. The van der Waals surface area contributed by atoms with E-state index in [1.165, 1.54) is 24.8 Å². The number of hydrogen-bond acceptors (Lipinski definition) is 2. The van der Waals surface area contributed by atoms with Gasteiger partial charge in [-0.25, -0.2) is 0 Å². The molecule has 0 aliphatic heterocycles. The van der Waals surface area contributed by atoms with Crippen molar-refractivity contribution in [2.24, 2.45) is 17.8 Å². The Kier molecular flexibility index (Phi) is 3.27. The van der Waals surface area contributed by atoms with Gasteiger partial charge in [0.2, 0.25) is 0 Å². The monoisotopic (exact) mass is 310 g/mol. The van der Waals surface area contributed by atoms with Gasteiger partial charge in [0.05, 0.1) is 14.2 Å². The molecule has 2 nitrogen and oxygen atoms in total. The van der Waals surface area contributed by atoms with Crippen LogP contribution in [-0.4, -0.2) is 14.2 Å². The van der Waals surface area contributed by atoms with Crippen LogP contribution in [0.3, 0.4) is 0 Å². The fourth-order valence-corrected chi connectivity index (χ4v) is 4.72. The van der Waals surface area contributed by atoms with Gasteiger partial charge in [0.25, 0.3) is 0 Å². The second kappa shape index (κ2) is 4.76. The smallest absolute Gasteiger partial charge is 0.123 e. The van der Waals surface area contributed by atoms with Crippen molar-refractivity contribution in [2.45, 2.75) is 24.1 Å². The quantitative estimate of drug-likeness (QED) is 0.776. The zero-order valence-electron chi connectivity index (χ0n) is 10.9. The third-order valence-corrected chi connectivity index (χ3v) is 5.65. The molecule has 3 heteroatoms. The predicted molar refractivity (Wildman–Crippen MR) is 75.5 cm³/mol. The van der Waals surface area contributed by atoms with E-state index >= 15 is 0 Å². The Labute approximate surface area is 117 Å². The molecule has 0 amide bonds. The molecule has 1 aromatic carbocycles. The second-order valence-corrected chi connectivity index (χ2v) is 6.33. The van der Waals surface area contributed by atoms with Gasteiger partial charge in [0.15, 0.2) is 0 Å². The Morgan fingerprint density at radius 3 is 2.50 bits per heavy atom. The van der Waals surface area contributed by atoms with Gasteiger partial charge in [-0.3, -0.25) is 0 Å². The minimum atomic E-state index is 0.401. The van der Waals surface area contributed by atoms with Crippen LogP contribution < -0.4 is 9.47 Å². The number of alkyl halides is 1. The number of rotatable bonds is 4. The van der Waals surface area contributed by atoms with E-state index in [-0.39, 0.29) is 0 Å². The minimum Gasteiger partial charge on any atom is -0.497 e. The van der Waals surface area contributed by atoms with Crippen LogP contribution in [0.5, 0.6) is 11.5 Å². The van der Waals surface area contributed by atoms with Gasteiger partial charge < -0.3 is 9.47 Å². The highest BCUT2D eigenvalue weighted by atomic mass is 79.9. The lowest BCUT2D eigenvalue weighted by Gasteiger charge is -2.17. The van der Waals surface area contributed by atoms with Crippen molar-refractivity contribution in [3.63, 3.8) is 0 Å². The number of fused-ring (bicyclic) bond motifs is 1. The standard InChI is InChI=1S/C15H19BrO2/c1-17-9-6-7-13(18-2)12(8-9)15(16)14-10-4-3-5-11(10)14/h6-8,10-11,14-15H,3-5H2,1-2H3. The molecular weight excluding hydrogens is 292 g/mol. The first kappa shape index (κ1) is 12.3. The summed E-state index contributed by atoms with van der Waals surface area (Å²) in [7, 11) is 3.44. The molecular formula is C15H19BrO2. The summed E-state index contributed by atoms with van der Waals surface area (Å²) in [5.41, 5.74) is 1.23. The van der Waals surface area contributed by atoms with E-state index < -0.39 is 0 Å². The third-order valence-electron chi connectivity index (χ3n) is 4.54. The van der Waals surface area contributed by atoms with Crippen molar-refractivity contribution in [2.75, 3.05) is 14.2 Å². The maximum atomic E-state index is 5.48. The first-order valence-corrected chi connectivity index (χ1v) is 7.54. The topological polar surface area (TPSA) is 18.5 Å². The highest BCUT2D eigenvalue weighted by Crippen LogP contribution is 2.65. The molecule has 98 valence electrons. The second-order valence-electron chi connectivity index (χ2n) is 5.35. The van der Waals surface area contributed by atoms with Crippen LogP contribution in [0.15, 0.2) is 18.2 Å². The Morgan fingerprint density at radius 2 is 1.89 bits per heavy atom. The molecule has 0 heterocycles. The van der Waals surface area contributed by atoms with Crippen LogP contribution in [0.2, 0.25) is 0 Å². The average molecular weight is 311 g/mol. The lowest BCUT2D eigenvalue weighted by Crippen LogP contribution is -2.01. The van der Waals surface area contributed by atoms with Crippen molar-refractivity contribution >= 4 is 15.9 Å². The largest absolute Gasteiger partial charge is 0.497 e. The lowest BCUT2D eigenvalue weighted by atomic mass is 10.0. The van der Waals surface area contributed by atoms with Crippen LogP contribution in [0.1, 0.15) is 29.7 Å². The summed E-state index contributed by atoms with van der Waals surface area (Å²) in [6, 6.07) is 6.06. The molecule has 0 aromatic heterocycles. The van der Waals surface area contributed by atoms with Gasteiger partial charge in [-0.1, -0.05) is 22.4 Å². The fraction of sp³-hybridized carbons (Fsp3) is 0.600. The van der Waals surface area contributed by atoms with Crippen molar-refractivity contribution in [3.8, 4) is 11.5 Å². The Morgan fingerprint density at radius 1 is 1.17 bits per heavy atom. The number of benzene rings is 1. The van der Waals surface area contributed by atoms with Crippen molar-refractivity contribution in [1.82, 2.24) is 0 Å². The summed E-state index contributed by atoms with van der Waals surface area (Å²) in [4.78, 5) is 0.401. The van der Waals surface area contributed by atoms with Crippen LogP contribution >= 0.6 is 15.9 Å². The lowest BCUT2D eigenvalue weighted by molar-refractivity contribution is 0.396. The maximum absolute atomic E-state index is 5.48. The Hall–Kier alpha value is -0.700. The molecule has 0 N–H and O–H groups in total. The fourth-order valence-electron chi connectivity index (χ4n) is 3.57. The van der Waals surface area contributed by atoms with E-state index in [4.69, 9.17) is 9.47 Å². The summed E-state index contributed by atoms with van der Waals surface area (Å²) in [6.45, 7) is 0. The summed E-state index contributed by atoms with van der Waals surface area (Å²) in [5, 5.41) is 0. The number of halogens is 1. The van der Waals surface area contributed by atoms with Gasteiger partial charge in [-0.2, -0.15) is 0 Å². The SMILES string of the molecule is COc1ccc(OC)c(C(Br)C2C3CCCC32)c1. The first-order valence-electron chi connectivity index (χ1n) is 6.62. The zero-order valence-corrected chi connectivity index (χ0v) is 12.4. The molecule has 3 atom stereocenters. The molecule has 18 heavy (non-hydrogen) atoms. The zero-order chi connectivity index (χ0) is 12.7. The molecule has 3 rings (SSSR count). The molecule has 2 fully saturated rings. The Balaban J connectivity index is 1.85. The molecule has 0 spiro atoms. The predicted octanol–water partition coefficient (Wildman–Crippen LogP) is 4.19. The summed E-state index contributed by atoms with van der Waals surface area (Å²) in [6.07, 6.45) is 4.23. The van der Waals surface area contributed by atoms with E-state index in [0.29, 0.717) is 4.83 Å². The normalized spacial score (nSPS) is 30.7. The van der Waals surface area contributed by atoms with Crippen LogP contribution in [0.4, 0.5) is 0 Å². The summed E-state index contributed by atoms with van der Waals surface area (Å²) < 4.78 is 10.8. The molecule has 0 radical (unpaired) electrons. The molecule has 2 aliphatic carbocycles. The van der Waals surface area contributed by atoms with Gasteiger partial charge in [-0.15, -0.1) is 0 Å². The van der Waals surface area contributed by atoms with Crippen molar-refractivity contribution < 1.29 is 9.47 Å². The average Bonchev–Trinajstić information content (AvgIpc) is 2.89. The van der Waals surface area contributed by atoms with Crippen molar-refractivity contribution in [1.29, 1.82) is 0 Å². The molecule has 1 aromatic rings. The number of ether oxygens (including phenoxy) is 2. The maximum Gasteiger partial charge on any atom is 0.123 e.